The first-order chi connectivity index (χ1) is 7.95. The molecule has 1 unspecified atom stereocenters. The van der Waals surface area contributed by atoms with Gasteiger partial charge in [-0.2, -0.15) is 4.98 Å². The number of hydrogen-bond donors (Lipinski definition) is 1. The molecule has 7 heteroatoms. The Kier molecular flexibility index (Phi) is 5.14. The number of anilines is 1. The molecule has 5 nitrogen and oxygen atoms in total. The second kappa shape index (κ2) is 6.16. The van der Waals surface area contributed by atoms with Crippen molar-refractivity contribution in [3.05, 3.63) is 16.0 Å². The molecule has 0 spiro atoms. The maximum absolute atomic E-state index is 11.8. The summed E-state index contributed by atoms with van der Waals surface area (Å²) in [5, 5.41) is 3.13. The Morgan fingerprint density at radius 3 is 2.94 bits per heavy atom. The monoisotopic (exact) mass is 320 g/mol. The van der Waals surface area contributed by atoms with Gasteiger partial charge in [0.05, 0.1) is 4.47 Å². The Balaban J connectivity index is 2.77. The standard InChI is InChI=1S/C10H14BrClN4O/c1-4-16(3)9(17)6(2)14-8-7(11)5-13-10(12)15-8/h5-6H,4H2,1-3H3,(H,13,14,15). The average molecular weight is 322 g/mol. The van der Waals surface area contributed by atoms with Crippen LogP contribution in [0.15, 0.2) is 10.7 Å². The van der Waals surface area contributed by atoms with Crippen molar-refractivity contribution in [1.29, 1.82) is 0 Å². The van der Waals surface area contributed by atoms with Crippen molar-refractivity contribution in [3.63, 3.8) is 0 Å². The molecule has 0 aliphatic heterocycles. The van der Waals surface area contributed by atoms with Crippen LogP contribution in [-0.4, -0.2) is 40.4 Å². The highest BCUT2D eigenvalue weighted by atomic mass is 79.9. The van der Waals surface area contributed by atoms with Crippen molar-refractivity contribution < 1.29 is 4.79 Å². The number of nitrogens with one attached hydrogen (secondary N) is 1. The molecule has 1 aromatic rings. The fraction of sp³-hybridized carbons (Fsp3) is 0.500. The molecule has 0 aromatic carbocycles. The summed E-state index contributed by atoms with van der Waals surface area (Å²) in [6.07, 6.45) is 1.54. The van der Waals surface area contributed by atoms with Gasteiger partial charge in [0.15, 0.2) is 0 Å². The zero-order valence-corrected chi connectivity index (χ0v) is 12.2. The molecular weight excluding hydrogens is 307 g/mol. The average Bonchev–Trinajstić information content (AvgIpc) is 2.31. The summed E-state index contributed by atoms with van der Waals surface area (Å²) in [5.74, 6) is 0.504. The van der Waals surface area contributed by atoms with Gasteiger partial charge in [0.2, 0.25) is 11.2 Å². The molecule has 0 radical (unpaired) electrons. The van der Waals surface area contributed by atoms with E-state index in [0.29, 0.717) is 16.8 Å². The van der Waals surface area contributed by atoms with E-state index >= 15 is 0 Å². The van der Waals surface area contributed by atoms with Crippen LogP contribution >= 0.6 is 27.5 Å². The summed E-state index contributed by atoms with van der Waals surface area (Å²) in [4.78, 5) is 21.3. The zero-order valence-electron chi connectivity index (χ0n) is 9.87. The van der Waals surface area contributed by atoms with Gasteiger partial charge in [0.1, 0.15) is 11.9 Å². The van der Waals surface area contributed by atoms with E-state index in [2.05, 4.69) is 31.2 Å². The van der Waals surface area contributed by atoms with Gasteiger partial charge in [-0.05, 0) is 41.4 Å². The van der Waals surface area contributed by atoms with Gasteiger partial charge in [-0.3, -0.25) is 4.79 Å². The van der Waals surface area contributed by atoms with Gasteiger partial charge in [-0.15, -0.1) is 0 Å². The largest absolute Gasteiger partial charge is 0.358 e. The number of rotatable bonds is 4. The maximum atomic E-state index is 11.8. The zero-order chi connectivity index (χ0) is 13.0. The third kappa shape index (κ3) is 3.81. The number of likely N-dealkylation sites (N-methyl/N-ethyl adjacent to an activating group) is 1. The summed E-state index contributed by atoms with van der Waals surface area (Å²) in [7, 11) is 1.75. The number of nitrogens with zero attached hydrogens (tertiary/aromatic N) is 3. The Morgan fingerprint density at radius 1 is 1.71 bits per heavy atom. The first-order valence-corrected chi connectivity index (χ1v) is 6.32. The van der Waals surface area contributed by atoms with Crippen molar-refractivity contribution in [2.24, 2.45) is 0 Å². The summed E-state index contributed by atoms with van der Waals surface area (Å²) >= 11 is 8.98. The number of carbonyl (C=O) groups is 1. The number of amides is 1. The predicted molar refractivity (Wildman–Crippen MR) is 71.1 cm³/mol. The summed E-state index contributed by atoms with van der Waals surface area (Å²) in [6, 6.07) is -0.373. The molecule has 1 amide bonds. The number of halogens is 2. The van der Waals surface area contributed by atoms with Crippen LogP contribution in [0.5, 0.6) is 0 Å². The summed E-state index contributed by atoms with van der Waals surface area (Å²) in [6.45, 7) is 4.36. The minimum Gasteiger partial charge on any atom is -0.358 e. The van der Waals surface area contributed by atoms with Crippen molar-refractivity contribution in [2.45, 2.75) is 19.9 Å². The fourth-order valence-corrected chi connectivity index (χ4v) is 1.64. The Morgan fingerprint density at radius 2 is 2.35 bits per heavy atom. The van der Waals surface area contributed by atoms with Gasteiger partial charge in [-0.25, -0.2) is 4.98 Å². The quantitative estimate of drug-likeness (QED) is 0.864. The van der Waals surface area contributed by atoms with Crippen LogP contribution in [0.2, 0.25) is 5.28 Å². The molecule has 0 aliphatic rings. The molecule has 0 bridgehead atoms. The lowest BCUT2D eigenvalue weighted by molar-refractivity contribution is -0.130. The van der Waals surface area contributed by atoms with Gasteiger partial charge < -0.3 is 10.2 Å². The summed E-state index contributed by atoms with van der Waals surface area (Å²) in [5.41, 5.74) is 0. The number of carbonyl (C=O) groups excluding carboxylic acids is 1. The second-order valence-corrected chi connectivity index (χ2v) is 4.75. The molecular formula is C10H14BrClN4O. The lowest BCUT2D eigenvalue weighted by Gasteiger charge is -2.21. The smallest absolute Gasteiger partial charge is 0.244 e. The Hall–Kier alpha value is -0.880. The van der Waals surface area contributed by atoms with E-state index < -0.39 is 0 Å². The lowest BCUT2D eigenvalue weighted by atomic mass is 10.3. The highest BCUT2D eigenvalue weighted by molar-refractivity contribution is 9.10. The fourth-order valence-electron chi connectivity index (χ4n) is 1.20. The van der Waals surface area contributed by atoms with Crippen LogP contribution in [0.4, 0.5) is 5.82 Å². The molecule has 0 fully saturated rings. The van der Waals surface area contributed by atoms with Gasteiger partial charge in [0, 0.05) is 19.8 Å². The molecule has 1 aromatic heterocycles. The molecule has 1 heterocycles. The van der Waals surface area contributed by atoms with Crippen molar-refractivity contribution in [2.75, 3.05) is 18.9 Å². The molecule has 0 aliphatic carbocycles. The highest BCUT2D eigenvalue weighted by Gasteiger charge is 2.17. The molecule has 1 rings (SSSR count). The summed E-state index contributed by atoms with van der Waals surface area (Å²) < 4.78 is 0.667. The molecule has 0 saturated carbocycles. The van der Waals surface area contributed by atoms with Crippen molar-refractivity contribution >= 4 is 39.3 Å². The predicted octanol–water partition coefficient (Wildman–Crippen LogP) is 2.17. The van der Waals surface area contributed by atoms with Crippen LogP contribution < -0.4 is 5.32 Å². The highest BCUT2D eigenvalue weighted by Crippen LogP contribution is 2.20. The van der Waals surface area contributed by atoms with E-state index in [4.69, 9.17) is 11.6 Å². The first-order valence-electron chi connectivity index (χ1n) is 5.15. The van der Waals surface area contributed by atoms with E-state index in [0.717, 1.165) is 0 Å². The van der Waals surface area contributed by atoms with E-state index in [1.807, 2.05) is 6.92 Å². The van der Waals surface area contributed by atoms with E-state index in [1.54, 1.807) is 25.1 Å². The molecule has 94 valence electrons. The van der Waals surface area contributed by atoms with Crippen LogP contribution in [0.25, 0.3) is 0 Å². The normalized spacial score (nSPS) is 12.1. The molecule has 17 heavy (non-hydrogen) atoms. The molecule has 1 N–H and O–H groups in total. The Labute approximate surface area is 114 Å². The third-order valence-corrected chi connectivity index (χ3v) is 3.05. The first kappa shape index (κ1) is 14.2. The van der Waals surface area contributed by atoms with Crippen molar-refractivity contribution in [1.82, 2.24) is 14.9 Å². The number of aromatic nitrogens is 2. The van der Waals surface area contributed by atoms with Gasteiger partial charge in [-0.1, -0.05) is 0 Å². The van der Waals surface area contributed by atoms with Crippen LogP contribution in [0, 0.1) is 0 Å². The topological polar surface area (TPSA) is 58.1 Å². The third-order valence-electron chi connectivity index (χ3n) is 2.29. The molecule has 1 atom stereocenters. The van der Waals surface area contributed by atoms with Crippen LogP contribution in [-0.2, 0) is 4.79 Å². The minimum absolute atomic E-state index is 0.00543. The van der Waals surface area contributed by atoms with Crippen molar-refractivity contribution in [3.8, 4) is 0 Å². The SMILES string of the molecule is CCN(C)C(=O)C(C)Nc1nc(Cl)ncc1Br. The van der Waals surface area contributed by atoms with Crippen LogP contribution in [0.1, 0.15) is 13.8 Å². The maximum Gasteiger partial charge on any atom is 0.244 e. The van der Waals surface area contributed by atoms with E-state index in [-0.39, 0.29) is 17.2 Å². The van der Waals surface area contributed by atoms with E-state index in [1.165, 1.54) is 0 Å². The Bertz CT molecular complexity index is 415. The molecule has 0 saturated heterocycles. The second-order valence-electron chi connectivity index (χ2n) is 3.55. The minimum atomic E-state index is -0.373. The van der Waals surface area contributed by atoms with Gasteiger partial charge in [0.25, 0.3) is 0 Å². The lowest BCUT2D eigenvalue weighted by Crippen LogP contribution is -2.39. The van der Waals surface area contributed by atoms with Gasteiger partial charge >= 0.3 is 0 Å². The van der Waals surface area contributed by atoms with E-state index in [9.17, 15) is 4.79 Å². The number of hydrogen-bond acceptors (Lipinski definition) is 4. The van der Waals surface area contributed by atoms with Crippen LogP contribution in [0.3, 0.4) is 0 Å².